The zero-order valence-corrected chi connectivity index (χ0v) is 11.3. The number of carbonyl (C=O) groups is 1. The molecule has 0 bridgehead atoms. The molecular formula is C19H13NO. The normalized spacial score (nSPS) is 11.0. The van der Waals surface area contributed by atoms with Crippen LogP contribution in [0.1, 0.15) is 10.4 Å². The first kappa shape index (κ1) is 11.9. The number of nitrogens with one attached hydrogen (secondary N) is 1. The highest BCUT2D eigenvalue weighted by Gasteiger charge is 2.05. The van der Waals surface area contributed by atoms with E-state index in [1.165, 1.54) is 10.8 Å². The first-order valence-electron chi connectivity index (χ1n) is 6.91. The van der Waals surface area contributed by atoms with Crippen molar-refractivity contribution in [2.75, 3.05) is 0 Å². The maximum Gasteiger partial charge on any atom is 0.150 e. The Labute approximate surface area is 122 Å². The van der Waals surface area contributed by atoms with Gasteiger partial charge in [0.25, 0.3) is 0 Å². The van der Waals surface area contributed by atoms with Gasteiger partial charge in [0.1, 0.15) is 6.29 Å². The summed E-state index contributed by atoms with van der Waals surface area (Å²) in [5, 5.41) is 2.46. The van der Waals surface area contributed by atoms with Crippen molar-refractivity contribution in [3.05, 3.63) is 72.3 Å². The molecule has 0 aliphatic rings. The number of fused-ring (bicyclic) bond motifs is 3. The second-order valence-corrected chi connectivity index (χ2v) is 5.17. The van der Waals surface area contributed by atoms with E-state index < -0.39 is 0 Å². The standard InChI is InChI=1S/C19H13NO/c21-12-13-5-7-14(8-6-13)15-9-10-19-17(11-15)16-3-1-2-4-18(16)20-19/h1-12,20H. The van der Waals surface area contributed by atoms with Crippen LogP contribution < -0.4 is 0 Å². The molecule has 21 heavy (non-hydrogen) atoms. The van der Waals surface area contributed by atoms with E-state index >= 15 is 0 Å². The van der Waals surface area contributed by atoms with Crippen molar-refractivity contribution in [2.24, 2.45) is 0 Å². The van der Waals surface area contributed by atoms with Crippen LogP contribution in [0.3, 0.4) is 0 Å². The highest BCUT2D eigenvalue weighted by molar-refractivity contribution is 6.08. The fourth-order valence-corrected chi connectivity index (χ4v) is 2.78. The van der Waals surface area contributed by atoms with Crippen molar-refractivity contribution in [3.63, 3.8) is 0 Å². The average Bonchev–Trinajstić information content (AvgIpc) is 2.93. The number of aldehydes is 1. The predicted octanol–water partition coefficient (Wildman–Crippen LogP) is 4.80. The first-order chi connectivity index (χ1) is 10.3. The Morgan fingerprint density at radius 2 is 1.43 bits per heavy atom. The van der Waals surface area contributed by atoms with Gasteiger partial charge in [0.05, 0.1) is 0 Å². The molecule has 1 N–H and O–H groups in total. The first-order valence-corrected chi connectivity index (χ1v) is 6.91. The molecular weight excluding hydrogens is 258 g/mol. The van der Waals surface area contributed by atoms with Gasteiger partial charge < -0.3 is 4.98 Å². The average molecular weight is 271 g/mol. The van der Waals surface area contributed by atoms with E-state index in [0.29, 0.717) is 5.56 Å². The van der Waals surface area contributed by atoms with E-state index in [1.54, 1.807) is 0 Å². The fourth-order valence-electron chi connectivity index (χ4n) is 2.78. The van der Waals surface area contributed by atoms with Crippen molar-refractivity contribution in [2.45, 2.75) is 0 Å². The number of hydrogen-bond acceptors (Lipinski definition) is 1. The van der Waals surface area contributed by atoms with E-state index in [-0.39, 0.29) is 0 Å². The zero-order valence-electron chi connectivity index (χ0n) is 11.3. The third kappa shape index (κ3) is 1.93. The van der Waals surface area contributed by atoms with E-state index in [4.69, 9.17) is 0 Å². The van der Waals surface area contributed by atoms with Crippen LogP contribution in [0, 0.1) is 0 Å². The van der Waals surface area contributed by atoms with Gasteiger partial charge in [-0.15, -0.1) is 0 Å². The quantitative estimate of drug-likeness (QED) is 0.522. The van der Waals surface area contributed by atoms with Gasteiger partial charge in [0.15, 0.2) is 0 Å². The summed E-state index contributed by atoms with van der Waals surface area (Å²) >= 11 is 0. The van der Waals surface area contributed by atoms with Crippen LogP contribution in [0.25, 0.3) is 32.9 Å². The van der Waals surface area contributed by atoms with Crippen LogP contribution in [0.2, 0.25) is 0 Å². The van der Waals surface area contributed by atoms with Crippen molar-refractivity contribution in [1.29, 1.82) is 0 Å². The van der Waals surface area contributed by atoms with Gasteiger partial charge >= 0.3 is 0 Å². The van der Waals surface area contributed by atoms with Crippen LogP contribution in [-0.4, -0.2) is 11.3 Å². The van der Waals surface area contributed by atoms with E-state index in [9.17, 15) is 4.79 Å². The van der Waals surface area contributed by atoms with E-state index in [0.717, 1.165) is 28.4 Å². The third-order valence-electron chi connectivity index (χ3n) is 3.89. The Morgan fingerprint density at radius 3 is 2.24 bits per heavy atom. The minimum Gasteiger partial charge on any atom is -0.355 e. The van der Waals surface area contributed by atoms with E-state index in [2.05, 4.69) is 41.4 Å². The summed E-state index contributed by atoms with van der Waals surface area (Å²) in [6.07, 6.45) is 0.868. The molecule has 0 spiro atoms. The molecule has 0 fully saturated rings. The van der Waals surface area contributed by atoms with Crippen molar-refractivity contribution >= 4 is 28.1 Å². The lowest BCUT2D eigenvalue weighted by Crippen LogP contribution is -1.81. The Hall–Kier alpha value is -2.87. The molecule has 0 aliphatic carbocycles. The van der Waals surface area contributed by atoms with Crippen LogP contribution >= 0.6 is 0 Å². The third-order valence-corrected chi connectivity index (χ3v) is 3.89. The molecule has 2 heteroatoms. The lowest BCUT2D eigenvalue weighted by Gasteiger charge is -2.02. The molecule has 2 nitrogen and oxygen atoms in total. The molecule has 0 amide bonds. The molecule has 0 saturated carbocycles. The molecule has 0 atom stereocenters. The molecule has 0 radical (unpaired) electrons. The predicted molar refractivity (Wildman–Crippen MR) is 86.6 cm³/mol. The van der Waals surface area contributed by atoms with Crippen molar-refractivity contribution in [3.8, 4) is 11.1 Å². The summed E-state index contributed by atoms with van der Waals surface area (Å²) in [4.78, 5) is 14.2. The number of carbonyl (C=O) groups excluding carboxylic acids is 1. The monoisotopic (exact) mass is 271 g/mol. The molecule has 0 aliphatic heterocycles. The minimum atomic E-state index is 0.701. The zero-order chi connectivity index (χ0) is 14.2. The minimum absolute atomic E-state index is 0.701. The summed E-state index contributed by atoms with van der Waals surface area (Å²) < 4.78 is 0. The van der Waals surface area contributed by atoms with Crippen molar-refractivity contribution < 1.29 is 4.79 Å². The lowest BCUT2D eigenvalue weighted by molar-refractivity contribution is 0.112. The fraction of sp³-hybridized carbons (Fsp3) is 0. The van der Waals surface area contributed by atoms with Crippen LogP contribution in [0.5, 0.6) is 0 Å². The molecule has 1 aromatic heterocycles. The number of benzene rings is 3. The Balaban J connectivity index is 1.92. The highest BCUT2D eigenvalue weighted by Crippen LogP contribution is 2.29. The second-order valence-electron chi connectivity index (χ2n) is 5.17. The molecule has 1 heterocycles. The topological polar surface area (TPSA) is 32.9 Å². The summed E-state index contributed by atoms with van der Waals surface area (Å²) in [7, 11) is 0. The van der Waals surface area contributed by atoms with E-state index in [1.807, 2.05) is 30.3 Å². The van der Waals surface area contributed by atoms with Gasteiger partial charge in [-0.2, -0.15) is 0 Å². The van der Waals surface area contributed by atoms with Gasteiger partial charge in [0, 0.05) is 27.4 Å². The van der Waals surface area contributed by atoms with Gasteiger partial charge in [0.2, 0.25) is 0 Å². The van der Waals surface area contributed by atoms with Gasteiger partial charge in [-0.1, -0.05) is 48.5 Å². The number of H-pyrrole nitrogens is 1. The van der Waals surface area contributed by atoms with Crippen LogP contribution in [-0.2, 0) is 0 Å². The lowest BCUT2D eigenvalue weighted by atomic mass is 10.0. The largest absolute Gasteiger partial charge is 0.355 e. The maximum atomic E-state index is 10.7. The Bertz CT molecular complexity index is 948. The molecule has 0 unspecified atom stereocenters. The Kier molecular flexibility index (Phi) is 2.61. The molecule has 0 saturated heterocycles. The number of aromatic nitrogens is 1. The summed E-state index contributed by atoms with van der Waals surface area (Å²) in [6, 6.07) is 22.4. The second kappa shape index (κ2) is 4.60. The smallest absolute Gasteiger partial charge is 0.150 e. The SMILES string of the molecule is O=Cc1ccc(-c2ccc3[nH]c4ccccc4c3c2)cc1. The van der Waals surface area contributed by atoms with Gasteiger partial charge in [-0.05, 0) is 29.3 Å². The highest BCUT2D eigenvalue weighted by atomic mass is 16.1. The van der Waals surface area contributed by atoms with Crippen LogP contribution in [0.15, 0.2) is 66.7 Å². The summed E-state index contributed by atoms with van der Waals surface area (Å²) in [6.45, 7) is 0. The molecule has 3 aromatic carbocycles. The summed E-state index contributed by atoms with van der Waals surface area (Å²) in [5.41, 5.74) is 5.27. The number of para-hydroxylation sites is 1. The maximum absolute atomic E-state index is 10.7. The number of hydrogen-bond donors (Lipinski definition) is 1. The summed E-state index contributed by atoms with van der Waals surface area (Å²) in [5.74, 6) is 0. The van der Waals surface area contributed by atoms with Crippen molar-refractivity contribution in [1.82, 2.24) is 4.98 Å². The molecule has 4 rings (SSSR count). The Morgan fingerprint density at radius 1 is 0.714 bits per heavy atom. The number of rotatable bonds is 2. The molecule has 100 valence electrons. The van der Waals surface area contributed by atoms with Gasteiger partial charge in [-0.25, -0.2) is 0 Å². The molecule has 4 aromatic rings. The van der Waals surface area contributed by atoms with Gasteiger partial charge in [-0.3, -0.25) is 4.79 Å². The van der Waals surface area contributed by atoms with Crippen LogP contribution in [0.4, 0.5) is 0 Å². The number of aromatic amines is 1.